The van der Waals surface area contributed by atoms with E-state index >= 15 is 0 Å². The fraction of sp³-hybridized carbons (Fsp3) is 0.625. The van der Waals surface area contributed by atoms with Gasteiger partial charge in [-0.1, -0.05) is 0 Å². The van der Waals surface area contributed by atoms with Crippen molar-refractivity contribution < 1.29 is 22.6 Å². The molecule has 2 aliphatic rings. The highest BCUT2D eigenvalue weighted by Crippen LogP contribution is 2.38. The van der Waals surface area contributed by atoms with Gasteiger partial charge in [-0.15, -0.1) is 0 Å². The highest BCUT2D eigenvalue weighted by molar-refractivity contribution is 7.89. The van der Waals surface area contributed by atoms with Crippen molar-refractivity contribution in [2.24, 2.45) is 0 Å². The number of sulfonamides is 1. The van der Waals surface area contributed by atoms with Crippen LogP contribution < -0.4 is 4.74 Å². The van der Waals surface area contributed by atoms with Gasteiger partial charge in [0.25, 0.3) is 0 Å². The van der Waals surface area contributed by atoms with Crippen LogP contribution in [0.1, 0.15) is 19.3 Å². The second-order valence-corrected chi connectivity index (χ2v) is 7.97. The molecule has 0 bridgehead atoms. The Bertz CT molecular complexity index is 637. The van der Waals surface area contributed by atoms with Gasteiger partial charge in [-0.2, -0.15) is 4.31 Å². The average molecular weight is 341 g/mol. The maximum atomic E-state index is 12.8. The van der Waals surface area contributed by atoms with E-state index in [4.69, 9.17) is 14.2 Å². The standard InChI is InChI=1S/C16H23NO5S/c1-20-13-4-6-14(7-5-13)23(18,19)17-10-9-16(8-3-11-22-16)15(12-17)21-2/h4-7,15H,3,8-12H2,1-2H3/t15-,16-/m0/s1. The van der Waals surface area contributed by atoms with Crippen LogP contribution in [0.25, 0.3) is 0 Å². The first-order chi connectivity index (χ1) is 11.0. The van der Waals surface area contributed by atoms with Gasteiger partial charge in [0.05, 0.1) is 23.7 Å². The molecule has 0 N–H and O–H groups in total. The summed E-state index contributed by atoms with van der Waals surface area (Å²) in [5.74, 6) is 0.635. The van der Waals surface area contributed by atoms with Crippen molar-refractivity contribution in [1.29, 1.82) is 0 Å². The quantitative estimate of drug-likeness (QED) is 0.833. The van der Waals surface area contributed by atoms with E-state index in [1.54, 1.807) is 38.5 Å². The van der Waals surface area contributed by atoms with E-state index in [0.29, 0.717) is 25.3 Å². The van der Waals surface area contributed by atoms with Crippen molar-refractivity contribution in [1.82, 2.24) is 4.31 Å². The van der Waals surface area contributed by atoms with Crippen LogP contribution in [-0.2, 0) is 19.5 Å². The van der Waals surface area contributed by atoms with E-state index < -0.39 is 10.0 Å². The molecular formula is C16H23NO5S. The number of hydrogen-bond acceptors (Lipinski definition) is 5. The van der Waals surface area contributed by atoms with Crippen LogP contribution in [0, 0.1) is 0 Å². The van der Waals surface area contributed by atoms with Gasteiger partial charge in [-0.25, -0.2) is 8.42 Å². The maximum absolute atomic E-state index is 12.8. The van der Waals surface area contributed by atoms with E-state index in [2.05, 4.69) is 0 Å². The lowest BCUT2D eigenvalue weighted by molar-refractivity contribution is -0.131. The first-order valence-corrected chi connectivity index (χ1v) is 9.27. The lowest BCUT2D eigenvalue weighted by Gasteiger charge is -2.43. The maximum Gasteiger partial charge on any atom is 0.243 e. The van der Waals surface area contributed by atoms with Crippen LogP contribution in [0.3, 0.4) is 0 Å². The number of hydrogen-bond donors (Lipinski definition) is 0. The van der Waals surface area contributed by atoms with Crippen LogP contribution >= 0.6 is 0 Å². The molecule has 0 radical (unpaired) electrons. The van der Waals surface area contributed by atoms with Crippen LogP contribution in [0.4, 0.5) is 0 Å². The van der Waals surface area contributed by atoms with Crippen LogP contribution in [0.5, 0.6) is 5.75 Å². The Labute approximate surface area is 137 Å². The van der Waals surface area contributed by atoms with E-state index in [1.165, 1.54) is 4.31 Å². The Morgan fingerprint density at radius 3 is 2.52 bits per heavy atom. The van der Waals surface area contributed by atoms with Gasteiger partial charge in [0.1, 0.15) is 5.75 Å². The molecule has 2 fully saturated rings. The molecule has 0 aromatic heterocycles. The number of methoxy groups -OCH3 is 2. The Morgan fingerprint density at radius 2 is 1.96 bits per heavy atom. The lowest BCUT2D eigenvalue weighted by atomic mass is 9.87. The lowest BCUT2D eigenvalue weighted by Crippen LogP contribution is -2.57. The van der Waals surface area contributed by atoms with Gasteiger partial charge in [-0.05, 0) is 43.5 Å². The molecule has 0 amide bonds. The smallest absolute Gasteiger partial charge is 0.243 e. The molecule has 6 nitrogen and oxygen atoms in total. The fourth-order valence-electron chi connectivity index (χ4n) is 3.49. The number of piperidine rings is 1. The Morgan fingerprint density at radius 1 is 1.22 bits per heavy atom. The number of rotatable bonds is 4. The SMILES string of the molecule is COc1ccc(S(=O)(=O)N2CC[C@@]3(CCCO3)[C@@H](OC)C2)cc1. The first-order valence-electron chi connectivity index (χ1n) is 7.83. The summed E-state index contributed by atoms with van der Waals surface area (Å²) in [4.78, 5) is 0.274. The van der Waals surface area contributed by atoms with Gasteiger partial charge >= 0.3 is 0 Å². The zero-order valence-electron chi connectivity index (χ0n) is 13.5. The van der Waals surface area contributed by atoms with Crippen molar-refractivity contribution in [2.45, 2.75) is 35.9 Å². The molecule has 0 saturated carbocycles. The van der Waals surface area contributed by atoms with Crippen molar-refractivity contribution >= 4 is 10.0 Å². The molecule has 2 aliphatic heterocycles. The second-order valence-electron chi connectivity index (χ2n) is 6.03. The third kappa shape index (κ3) is 2.98. The van der Waals surface area contributed by atoms with Crippen molar-refractivity contribution in [3.63, 3.8) is 0 Å². The van der Waals surface area contributed by atoms with Gasteiger partial charge in [0.2, 0.25) is 10.0 Å². The predicted molar refractivity (Wildman–Crippen MR) is 85.1 cm³/mol. The molecule has 1 aromatic carbocycles. The molecule has 128 valence electrons. The summed E-state index contributed by atoms with van der Waals surface area (Å²) in [7, 11) is -0.357. The van der Waals surface area contributed by atoms with Crippen molar-refractivity contribution in [2.75, 3.05) is 33.9 Å². The fourth-order valence-corrected chi connectivity index (χ4v) is 4.93. The summed E-state index contributed by atoms with van der Waals surface area (Å²) in [6, 6.07) is 6.47. The van der Waals surface area contributed by atoms with E-state index in [1.807, 2.05) is 0 Å². The molecule has 2 heterocycles. The molecule has 0 unspecified atom stereocenters. The van der Waals surface area contributed by atoms with Gasteiger partial charge in [0.15, 0.2) is 0 Å². The minimum atomic E-state index is -3.53. The minimum absolute atomic E-state index is 0.230. The summed E-state index contributed by atoms with van der Waals surface area (Å²) < 4.78 is 43.8. The van der Waals surface area contributed by atoms with E-state index in [9.17, 15) is 8.42 Å². The topological polar surface area (TPSA) is 65.1 Å². The summed E-state index contributed by atoms with van der Waals surface area (Å²) in [5, 5.41) is 0. The molecule has 0 aliphatic carbocycles. The third-order valence-corrected chi connectivity index (χ3v) is 6.74. The molecule has 2 saturated heterocycles. The average Bonchev–Trinajstić information content (AvgIpc) is 3.04. The van der Waals surface area contributed by atoms with Crippen molar-refractivity contribution in [3.8, 4) is 5.75 Å². The van der Waals surface area contributed by atoms with Gasteiger partial charge in [-0.3, -0.25) is 0 Å². The zero-order chi connectivity index (χ0) is 16.5. The van der Waals surface area contributed by atoms with E-state index in [0.717, 1.165) is 19.4 Å². The summed E-state index contributed by atoms with van der Waals surface area (Å²) in [6.45, 7) is 1.50. The highest BCUT2D eigenvalue weighted by Gasteiger charge is 2.48. The molecular weight excluding hydrogens is 318 g/mol. The summed E-state index contributed by atoms with van der Waals surface area (Å²) >= 11 is 0. The summed E-state index contributed by atoms with van der Waals surface area (Å²) in [6.07, 6.45) is 2.38. The Hall–Kier alpha value is -1.15. The summed E-state index contributed by atoms with van der Waals surface area (Å²) in [5.41, 5.74) is -0.319. The van der Waals surface area contributed by atoms with Crippen LogP contribution in [0.15, 0.2) is 29.2 Å². The molecule has 2 atom stereocenters. The van der Waals surface area contributed by atoms with E-state index in [-0.39, 0.29) is 16.6 Å². The largest absolute Gasteiger partial charge is 0.497 e. The number of benzene rings is 1. The van der Waals surface area contributed by atoms with Crippen molar-refractivity contribution in [3.05, 3.63) is 24.3 Å². The normalized spacial score (nSPS) is 29.0. The highest BCUT2D eigenvalue weighted by atomic mass is 32.2. The molecule has 1 spiro atoms. The number of ether oxygens (including phenoxy) is 3. The zero-order valence-corrected chi connectivity index (χ0v) is 14.3. The van der Waals surface area contributed by atoms with Crippen LogP contribution in [-0.4, -0.2) is 58.3 Å². The molecule has 23 heavy (non-hydrogen) atoms. The Kier molecular flexibility index (Phi) is 4.64. The monoisotopic (exact) mass is 341 g/mol. The first kappa shape index (κ1) is 16.7. The second kappa shape index (κ2) is 6.39. The Balaban J connectivity index is 1.80. The predicted octanol–water partition coefficient (Wildman–Crippen LogP) is 1.65. The van der Waals surface area contributed by atoms with Gasteiger partial charge < -0.3 is 14.2 Å². The molecule has 3 rings (SSSR count). The number of nitrogens with zero attached hydrogens (tertiary/aromatic N) is 1. The molecule has 1 aromatic rings. The minimum Gasteiger partial charge on any atom is -0.497 e. The van der Waals surface area contributed by atoms with Gasteiger partial charge in [0, 0.05) is 26.8 Å². The molecule has 7 heteroatoms. The van der Waals surface area contributed by atoms with Crippen LogP contribution in [0.2, 0.25) is 0 Å². The third-order valence-electron chi connectivity index (χ3n) is 4.86.